The minimum atomic E-state index is -0.139. The summed E-state index contributed by atoms with van der Waals surface area (Å²) in [5.41, 5.74) is 2.03. The first-order valence-corrected chi connectivity index (χ1v) is 11.3. The van der Waals surface area contributed by atoms with Gasteiger partial charge in [0.2, 0.25) is 5.91 Å². The predicted octanol–water partition coefficient (Wildman–Crippen LogP) is 3.60. The number of benzene rings is 1. The second-order valence-electron chi connectivity index (χ2n) is 7.47. The Morgan fingerprint density at radius 1 is 1.22 bits per heavy atom. The first-order valence-electron chi connectivity index (χ1n) is 10.5. The monoisotopic (exact) mass is 451 g/mol. The minimum Gasteiger partial charge on any atom is -0.497 e. The Balaban J connectivity index is 1.32. The molecular formula is C23H25N5O3S. The summed E-state index contributed by atoms with van der Waals surface area (Å²) in [6.45, 7) is 0.746. The molecule has 2 heterocycles. The Morgan fingerprint density at radius 2 is 2.09 bits per heavy atom. The molecule has 1 aliphatic carbocycles. The Bertz CT molecular complexity index is 1070. The molecule has 4 rings (SSSR count). The number of ether oxygens (including phenoxy) is 1. The van der Waals surface area contributed by atoms with Gasteiger partial charge in [-0.25, -0.2) is 4.98 Å². The van der Waals surface area contributed by atoms with Crippen LogP contribution in [0.25, 0.3) is 0 Å². The summed E-state index contributed by atoms with van der Waals surface area (Å²) in [6.07, 6.45) is 3.86. The number of hydrogen-bond donors (Lipinski definition) is 2. The van der Waals surface area contributed by atoms with E-state index >= 15 is 0 Å². The summed E-state index contributed by atoms with van der Waals surface area (Å²) in [7, 11) is 1.62. The maximum atomic E-state index is 13.1. The molecule has 166 valence electrons. The standard InChI is InChI=1S/C23H25N5O3S/c1-31-19-7-4-6-16(13-19)26-23-27-20(15-32-23)22(30)28(18-8-9-18)12-10-21(29)25-14-17-5-2-3-11-24-17/h2-7,11,13,15,18H,8-10,12,14H2,1H3,(H,25,29)(H,26,27). The van der Waals surface area contributed by atoms with Gasteiger partial charge in [0.05, 0.1) is 19.3 Å². The van der Waals surface area contributed by atoms with Crippen LogP contribution in [0.1, 0.15) is 35.4 Å². The van der Waals surface area contributed by atoms with Crippen LogP contribution in [-0.2, 0) is 11.3 Å². The molecular weight excluding hydrogens is 426 g/mol. The quantitative estimate of drug-likeness (QED) is 0.489. The lowest BCUT2D eigenvalue weighted by Gasteiger charge is -2.21. The Morgan fingerprint density at radius 3 is 2.84 bits per heavy atom. The molecule has 0 aliphatic heterocycles. The van der Waals surface area contributed by atoms with E-state index in [4.69, 9.17) is 4.74 Å². The zero-order valence-corrected chi connectivity index (χ0v) is 18.6. The van der Waals surface area contributed by atoms with Gasteiger partial charge in [-0.3, -0.25) is 14.6 Å². The number of rotatable bonds is 10. The van der Waals surface area contributed by atoms with E-state index in [1.807, 2.05) is 42.5 Å². The third-order valence-electron chi connectivity index (χ3n) is 5.07. The van der Waals surface area contributed by atoms with E-state index in [1.165, 1.54) is 11.3 Å². The number of hydrogen-bond acceptors (Lipinski definition) is 7. The van der Waals surface area contributed by atoms with Crippen LogP contribution in [0, 0.1) is 0 Å². The van der Waals surface area contributed by atoms with E-state index in [0.717, 1.165) is 30.0 Å². The highest BCUT2D eigenvalue weighted by Gasteiger charge is 2.34. The molecule has 2 amide bonds. The average molecular weight is 452 g/mol. The molecule has 32 heavy (non-hydrogen) atoms. The maximum Gasteiger partial charge on any atom is 0.273 e. The van der Waals surface area contributed by atoms with Crippen molar-refractivity contribution in [2.45, 2.75) is 31.8 Å². The smallest absolute Gasteiger partial charge is 0.273 e. The van der Waals surface area contributed by atoms with E-state index < -0.39 is 0 Å². The summed E-state index contributed by atoms with van der Waals surface area (Å²) >= 11 is 1.37. The third kappa shape index (κ3) is 5.82. The maximum absolute atomic E-state index is 13.1. The molecule has 2 aromatic heterocycles. The highest BCUT2D eigenvalue weighted by Crippen LogP contribution is 2.30. The molecule has 0 radical (unpaired) electrons. The van der Waals surface area contributed by atoms with Gasteiger partial charge in [-0.05, 0) is 37.1 Å². The van der Waals surface area contributed by atoms with Crippen molar-refractivity contribution in [3.05, 3.63) is 65.4 Å². The van der Waals surface area contributed by atoms with E-state index in [-0.39, 0.29) is 24.3 Å². The molecule has 0 bridgehead atoms. The van der Waals surface area contributed by atoms with Crippen LogP contribution in [0.2, 0.25) is 0 Å². The van der Waals surface area contributed by atoms with Gasteiger partial charge in [-0.1, -0.05) is 12.1 Å². The molecule has 1 aliphatic rings. The molecule has 0 saturated heterocycles. The zero-order chi connectivity index (χ0) is 22.3. The second kappa shape index (κ2) is 10.2. The molecule has 0 atom stereocenters. The second-order valence-corrected chi connectivity index (χ2v) is 8.33. The van der Waals surface area contributed by atoms with Crippen molar-refractivity contribution in [3.8, 4) is 5.75 Å². The predicted molar refractivity (Wildman–Crippen MR) is 123 cm³/mol. The van der Waals surface area contributed by atoms with Gasteiger partial charge in [-0.2, -0.15) is 0 Å². The van der Waals surface area contributed by atoms with Crippen molar-refractivity contribution in [1.82, 2.24) is 20.2 Å². The van der Waals surface area contributed by atoms with Crippen LogP contribution in [0.3, 0.4) is 0 Å². The number of thiazole rings is 1. The fraction of sp³-hybridized carbons (Fsp3) is 0.304. The number of carbonyl (C=O) groups is 2. The van der Waals surface area contributed by atoms with Crippen LogP contribution in [0.4, 0.5) is 10.8 Å². The van der Waals surface area contributed by atoms with Crippen molar-refractivity contribution in [2.75, 3.05) is 19.0 Å². The number of nitrogens with zero attached hydrogens (tertiary/aromatic N) is 3. The number of anilines is 2. The van der Waals surface area contributed by atoms with Gasteiger partial charge >= 0.3 is 0 Å². The minimum absolute atomic E-state index is 0.104. The van der Waals surface area contributed by atoms with Gasteiger partial charge < -0.3 is 20.3 Å². The molecule has 1 fully saturated rings. The first-order chi connectivity index (χ1) is 15.6. The van der Waals surface area contributed by atoms with E-state index in [9.17, 15) is 9.59 Å². The fourth-order valence-electron chi connectivity index (χ4n) is 3.24. The zero-order valence-electron chi connectivity index (χ0n) is 17.8. The van der Waals surface area contributed by atoms with Gasteiger partial charge in [0.25, 0.3) is 5.91 Å². The van der Waals surface area contributed by atoms with Crippen LogP contribution >= 0.6 is 11.3 Å². The van der Waals surface area contributed by atoms with Crippen LogP contribution < -0.4 is 15.4 Å². The van der Waals surface area contributed by atoms with Crippen molar-refractivity contribution >= 4 is 34.0 Å². The largest absolute Gasteiger partial charge is 0.497 e. The number of aromatic nitrogens is 2. The summed E-state index contributed by atoms with van der Waals surface area (Å²) < 4.78 is 5.24. The van der Waals surface area contributed by atoms with Crippen LogP contribution in [-0.4, -0.2) is 46.4 Å². The number of carbonyl (C=O) groups excluding carboxylic acids is 2. The Hall–Kier alpha value is -3.46. The molecule has 1 aromatic carbocycles. The fourth-order valence-corrected chi connectivity index (χ4v) is 3.94. The number of methoxy groups -OCH3 is 1. The molecule has 0 spiro atoms. The van der Waals surface area contributed by atoms with Gasteiger partial charge in [0.15, 0.2) is 5.13 Å². The summed E-state index contributed by atoms with van der Waals surface area (Å²) in [6, 6.07) is 13.3. The van der Waals surface area contributed by atoms with Crippen LogP contribution in [0.15, 0.2) is 54.0 Å². The van der Waals surface area contributed by atoms with Gasteiger partial charge in [0, 0.05) is 42.3 Å². The Kier molecular flexibility index (Phi) is 6.96. The summed E-state index contributed by atoms with van der Waals surface area (Å²) in [5.74, 6) is 0.497. The SMILES string of the molecule is COc1cccc(Nc2nc(C(=O)N(CCC(=O)NCc3ccccn3)C3CC3)cs2)c1. The Labute approximate surface area is 190 Å². The lowest BCUT2D eigenvalue weighted by Crippen LogP contribution is -2.37. The topological polar surface area (TPSA) is 96.5 Å². The highest BCUT2D eigenvalue weighted by atomic mass is 32.1. The van der Waals surface area contributed by atoms with Crippen molar-refractivity contribution in [2.24, 2.45) is 0 Å². The third-order valence-corrected chi connectivity index (χ3v) is 5.82. The van der Waals surface area contributed by atoms with Crippen LogP contribution in [0.5, 0.6) is 5.75 Å². The molecule has 9 heteroatoms. The molecule has 8 nitrogen and oxygen atoms in total. The summed E-state index contributed by atoms with van der Waals surface area (Å²) in [5, 5.41) is 8.45. The van der Waals surface area contributed by atoms with Crippen molar-refractivity contribution < 1.29 is 14.3 Å². The lowest BCUT2D eigenvalue weighted by atomic mass is 10.3. The highest BCUT2D eigenvalue weighted by molar-refractivity contribution is 7.14. The lowest BCUT2D eigenvalue weighted by molar-refractivity contribution is -0.121. The first kappa shape index (κ1) is 21.8. The number of nitrogens with one attached hydrogen (secondary N) is 2. The molecule has 1 saturated carbocycles. The van der Waals surface area contributed by atoms with Crippen molar-refractivity contribution in [3.63, 3.8) is 0 Å². The van der Waals surface area contributed by atoms with Gasteiger partial charge in [-0.15, -0.1) is 11.3 Å². The molecule has 2 N–H and O–H groups in total. The summed E-state index contributed by atoms with van der Waals surface area (Å²) in [4.78, 5) is 35.8. The normalized spacial score (nSPS) is 12.8. The van der Waals surface area contributed by atoms with Crippen molar-refractivity contribution in [1.29, 1.82) is 0 Å². The van der Waals surface area contributed by atoms with E-state index in [1.54, 1.807) is 23.6 Å². The van der Waals surface area contributed by atoms with E-state index in [0.29, 0.717) is 23.9 Å². The molecule has 3 aromatic rings. The number of amides is 2. The van der Waals surface area contributed by atoms with E-state index in [2.05, 4.69) is 20.6 Å². The van der Waals surface area contributed by atoms with Gasteiger partial charge in [0.1, 0.15) is 11.4 Å². The average Bonchev–Trinajstić information content (AvgIpc) is 3.56. The molecule has 0 unspecified atom stereocenters. The number of pyridine rings is 1.